The van der Waals surface area contributed by atoms with E-state index < -0.39 is 5.41 Å². The summed E-state index contributed by atoms with van der Waals surface area (Å²) >= 11 is 1.92. The van der Waals surface area contributed by atoms with Gasteiger partial charge in [0.05, 0.1) is 22.1 Å². The van der Waals surface area contributed by atoms with Gasteiger partial charge in [-0.15, -0.1) is 0 Å². The van der Waals surface area contributed by atoms with Gasteiger partial charge in [0.25, 0.3) is 0 Å². The molecule has 0 fully saturated rings. The molecular formula is C51H37NOS. The highest BCUT2D eigenvalue weighted by molar-refractivity contribution is 7.99. The summed E-state index contributed by atoms with van der Waals surface area (Å²) in [5.41, 5.74) is 15.2. The van der Waals surface area contributed by atoms with Crippen LogP contribution in [0.2, 0.25) is 0 Å². The molecule has 3 heterocycles. The Hall–Kier alpha value is -6.42. The molecular weight excluding hydrogens is 675 g/mol. The summed E-state index contributed by atoms with van der Waals surface area (Å²) in [6.07, 6.45) is 0. The molecule has 0 bridgehead atoms. The lowest BCUT2D eigenvalue weighted by Gasteiger charge is -2.45. The molecule has 8 aromatic carbocycles. The number of rotatable bonds is 2. The number of carbonyl (C=O) groups excluding carboxylic acids is 1. The monoisotopic (exact) mass is 711 g/mol. The number of hydrogen-bond donors (Lipinski definition) is 0. The Morgan fingerprint density at radius 3 is 1.76 bits per heavy atom. The van der Waals surface area contributed by atoms with E-state index in [2.05, 4.69) is 193 Å². The normalized spacial score (nSPS) is 14.5. The summed E-state index contributed by atoms with van der Waals surface area (Å²) in [6.45, 7) is 4.16. The third-order valence-electron chi connectivity index (χ3n) is 10.8. The van der Waals surface area contributed by atoms with Crippen molar-refractivity contribution < 1.29 is 4.79 Å². The molecule has 11 rings (SSSR count). The molecule has 9 aromatic rings. The van der Waals surface area contributed by atoms with Crippen molar-refractivity contribution in [1.82, 2.24) is 4.57 Å². The van der Waals surface area contributed by atoms with Gasteiger partial charge in [-0.1, -0.05) is 193 Å². The van der Waals surface area contributed by atoms with Crippen molar-refractivity contribution in [3.63, 3.8) is 0 Å². The molecule has 0 amide bonds. The van der Waals surface area contributed by atoms with Crippen LogP contribution in [0.25, 0.3) is 49.7 Å². The molecule has 258 valence electrons. The number of para-hydroxylation sites is 3. The second-order valence-corrected chi connectivity index (χ2v) is 14.8. The van der Waals surface area contributed by atoms with Crippen LogP contribution in [0.5, 0.6) is 0 Å². The van der Waals surface area contributed by atoms with Crippen molar-refractivity contribution >= 4 is 40.4 Å². The second-order valence-electron chi connectivity index (χ2n) is 13.7. The molecule has 0 N–H and O–H groups in total. The average Bonchev–Trinajstić information content (AvgIpc) is 3.59. The highest BCUT2D eigenvalue weighted by atomic mass is 32.2. The fourth-order valence-corrected chi connectivity index (χ4v) is 9.89. The summed E-state index contributed by atoms with van der Waals surface area (Å²) in [7, 11) is 0. The third kappa shape index (κ3) is 5.15. The van der Waals surface area contributed by atoms with E-state index in [-0.39, 0.29) is 0 Å². The molecule has 0 saturated heterocycles. The molecule has 2 aliphatic rings. The van der Waals surface area contributed by atoms with Crippen LogP contribution in [-0.4, -0.2) is 11.4 Å². The predicted octanol–water partition coefficient (Wildman–Crippen LogP) is 13.1. The zero-order valence-electron chi connectivity index (χ0n) is 29.9. The van der Waals surface area contributed by atoms with Crippen LogP contribution in [0.15, 0.2) is 204 Å². The predicted molar refractivity (Wildman–Crippen MR) is 226 cm³/mol. The fourth-order valence-electron chi connectivity index (χ4n) is 8.57. The van der Waals surface area contributed by atoms with Crippen molar-refractivity contribution in [3.8, 4) is 27.9 Å². The first-order valence-corrected chi connectivity index (χ1v) is 19.0. The lowest BCUT2D eigenvalue weighted by molar-refractivity contribution is -0.0980. The quantitative estimate of drug-likeness (QED) is 0.178. The largest absolute Gasteiger partial charge is 0.309 e. The van der Waals surface area contributed by atoms with E-state index >= 15 is 0 Å². The highest BCUT2D eigenvalue weighted by Gasteiger charge is 2.49. The van der Waals surface area contributed by atoms with Crippen molar-refractivity contribution in [3.05, 3.63) is 222 Å². The van der Waals surface area contributed by atoms with Crippen LogP contribution in [0.4, 0.5) is 0 Å². The van der Waals surface area contributed by atoms with Crippen molar-refractivity contribution in [2.45, 2.75) is 22.1 Å². The van der Waals surface area contributed by atoms with E-state index in [1.54, 1.807) is 0 Å². The first-order chi connectivity index (χ1) is 26.7. The van der Waals surface area contributed by atoms with E-state index in [1.807, 2.05) is 30.7 Å². The Bertz CT molecular complexity index is 2750. The van der Waals surface area contributed by atoms with Crippen molar-refractivity contribution in [2.75, 3.05) is 0 Å². The average molecular weight is 712 g/mol. The molecule has 1 atom stereocenters. The molecule has 0 radical (unpaired) electrons. The van der Waals surface area contributed by atoms with Gasteiger partial charge >= 0.3 is 0 Å². The minimum atomic E-state index is -0.432. The Labute approximate surface area is 320 Å². The Morgan fingerprint density at radius 2 is 1.02 bits per heavy atom. The standard InChI is InChI=1S/C38H25NS.C12H10.CH2O/c1-24-20-22-25(23-21-24)26-11-8-16-32-37(26)40-35-19-7-4-14-30(35)38(32)29-13-3-6-18-34(29)39-33-17-5-2-10-27(33)28-12-9-15-31(38)36(28)39;1-3-7-11(8-4-1)12-9-5-2-6-10-12;1-2/h2-23H,1H3;1-10H;1H2. The molecule has 2 aliphatic heterocycles. The van der Waals surface area contributed by atoms with E-state index in [0.717, 1.165) is 0 Å². The molecule has 3 heteroatoms. The molecule has 2 nitrogen and oxygen atoms in total. The lowest BCUT2D eigenvalue weighted by Crippen LogP contribution is -2.37. The Kier molecular flexibility index (Phi) is 8.57. The maximum absolute atomic E-state index is 8.00. The van der Waals surface area contributed by atoms with Gasteiger partial charge in [0.2, 0.25) is 0 Å². The molecule has 1 unspecified atom stereocenters. The number of carbonyl (C=O) groups is 1. The molecule has 0 aliphatic carbocycles. The summed E-state index contributed by atoms with van der Waals surface area (Å²) < 4.78 is 2.51. The summed E-state index contributed by atoms with van der Waals surface area (Å²) in [6, 6.07) is 70.6. The first kappa shape index (κ1) is 33.4. The van der Waals surface area contributed by atoms with Crippen LogP contribution >= 0.6 is 11.8 Å². The number of benzene rings is 8. The summed E-state index contributed by atoms with van der Waals surface area (Å²) in [4.78, 5) is 10.7. The minimum absolute atomic E-state index is 0.432. The zero-order chi connectivity index (χ0) is 36.6. The van der Waals surface area contributed by atoms with Crippen LogP contribution in [0.3, 0.4) is 0 Å². The van der Waals surface area contributed by atoms with Crippen molar-refractivity contribution in [1.29, 1.82) is 0 Å². The SMILES string of the molecule is C=O.Cc1ccc(-c2cccc3c2Sc2ccccc2C32c3ccccc3-n3c4ccccc4c4cccc2c43)cc1.c1ccc(-c2ccccc2)cc1. The first-order valence-electron chi connectivity index (χ1n) is 18.2. The van der Waals surface area contributed by atoms with Crippen molar-refractivity contribution in [2.24, 2.45) is 0 Å². The van der Waals surface area contributed by atoms with Crippen LogP contribution in [-0.2, 0) is 10.2 Å². The summed E-state index contributed by atoms with van der Waals surface area (Å²) in [5.74, 6) is 0. The van der Waals surface area contributed by atoms with Crippen LogP contribution in [0.1, 0.15) is 27.8 Å². The molecule has 0 saturated carbocycles. The van der Waals surface area contributed by atoms with Gasteiger partial charge in [0.15, 0.2) is 0 Å². The molecule has 54 heavy (non-hydrogen) atoms. The Balaban J connectivity index is 0.000000233. The number of aromatic nitrogens is 1. The third-order valence-corrected chi connectivity index (χ3v) is 12.0. The van der Waals surface area contributed by atoms with Gasteiger partial charge < -0.3 is 9.36 Å². The van der Waals surface area contributed by atoms with Gasteiger partial charge in [-0.2, -0.15) is 0 Å². The minimum Gasteiger partial charge on any atom is -0.309 e. The van der Waals surface area contributed by atoms with E-state index in [9.17, 15) is 0 Å². The lowest BCUT2D eigenvalue weighted by atomic mass is 9.62. The summed E-state index contributed by atoms with van der Waals surface area (Å²) in [5, 5.41) is 2.62. The van der Waals surface area contributed by atoms with E-state index in [4.69, 9.17) is 4.79 Å². The Morgan fingerprint density at radius 1 is 0.463 bits per heavy atom. The van der Waals surface area contributed by atoms with Gasteiger partial charge in [0, 0.05) is 20.6 Å². The van der Waals surface area contributed by atoms with Gasteiger partial charge in [0.1, 0.15) is 6.79 Å². The maximum atomic E-state index is 8.00. The fraction of sp³-hybridized carbons (Fsp3) is 0.0392. The van der Waals surface area contributed by atoms with Crippen LogP contribution in [0, 0.1) is 6.92 Å². The topological polar surface area (TPSA) is 22.0 Å². The highest BCUT2D eigenvalue weighted by Crippen LogP contribution is 2.61. The van der Waals surface area contributed by atoms with E-state index in [1.165, 1.54) is 87.4 Å². The van der Waals surface area contributed by atoms with Crippen LogP contribution < -0.4 is 0 Å². The zero-order valence-corrected chi connectivity index (χ0v) is 30.8. The smallest absolute Gasteiger partial charge is 0.106 e. The van der Waals surface area contributed by atoms with E-state index in [0.29, 0.717) is 0 Å². The number of nitrogens with zero attached hydrogens (tertiary/aromatic N) is 1. The van der Waals surface area contributed by atoms with Gasteiger partial charge in [-0.3, -0.25) is 0 Å². The second kappa shape index (κ2) is 13.9. The van der Waals surface area contributed by atoms with Gasteiger partial charge in [-0.25, -0.2) is 0 Å². The maximum Gasteiger partial charge on any atom is 0.106 e. The van der Waals surface area contributed by atoms with Gasteiger partial charge in [-0.05, 0) is 69.6 Å². The number of fused-ring (bicyclic) bond motifs is 11. The molecule has 1 aromatic heterocycles. The number of hydrogen-bond acceptors (Lipinski definition) is 2. The number of aryl methyl sites for hydroxylation is 1. The molecule has 1 spiro atoms.